The molecule has 0 fully saturated rings. The van der Waals surface area contributed by atoms with Gasteiger partial charge in [-0.15, -0.1) is 0 Å². The Hall–Kier alpha value is -0.830. The van der Waals surface area contributed by atoms with Gasteiger partial charge in [0, 0.05) is 10.7 Å². The lowest BCUT2D eigenvalue weighted by molar-refractivity contribution is 0.904. The van der Waals surface area contributed by atoms with E-state index < -0.39 is 0 Å². The Morgan fingerprint density at radius 1 is 1.31 bits per heavy atom. The van der Waals surface area contributed by atoms with Gasteiger partial charge in [0.25, 0.3) is 0 Å². The molecule has 3 heteroatoms. The van der Waals surface area contributed by atoms with E-state index in [2.05, 4.69) is 40.3 Å². The molecule has 1 N–H and O–H groups in total. The summed E-state index contributed by atoms with van der Waals surface area (Å²) in [4.78, 5) is 0. The fourth-order valence-corrected chi connectivity index (χ4v) is 1.05. The molecule has 1 aromatic rings. The van der Waals surface area contributed by atoms with Gasteiger partial charge in [0.05, 0.1) is 5.69 Å². The molecule has 0 aromatic heterocycles. The van der Waals surface area contributed by atoms with Crippen LogP contribution in [0.5, 0.6) is 0 Å². The molecular formula is C10H13BrN2. The van der Waals surface area contributed by atoms with Crippen molar-refractivity contribution in [2.75, 3.05) is 5.43 Å². The summed E-state index contributed by atoms with van der Waals surface area (Å²) >= 11 is 3.37. The molecule has 0 bridgehead atoms. The minimum absolute atomic E-state index is 0.475. The molecule has 0 saturated carbocycles. The van der Waals surface area contributed by atoms with Gasteiger partial charge in [-0.2, -0.15) is 5.10 Å². The van der Waals surface area contributed by atoms with Gasteiger partial charge < -0.3 is 0 Å². The number of nitrogens with zero attached hydrogens (tertiary/aromatic N) is 1. The van der Waals surface area contributed by atoms with Gasteiger partial charge in [0.1, 0.15) is 0 Å². The maximum absolute atomic E-state index is 4.08. The Balaban J connectivity index is 2.50. The number of benzene rings is 1. The van der Waals surface area contributed by atoms with Crippen LogP contribution < -0.4 is 5.43 Å². The summed E-state index contributed by atoms with van der Waals surface area (Å²) in [6, 6.07) is 7.91. The monoisotopic (exact) mass is 240 g/mol. The topological polar surface area (TPSA) is 24.4 Å². The van der Waals surface area contributed by atoms with E-state index in [1.807, 2.05) is 30.5 Å². The van der Waals surface area contributed by atoms with Crippen molar-refractivity contribution in [2.45, 2.75) is 13.8 Å². The van der Waals surface area contributed by atoms with Gasteiger partial charge in [-0.3, -0.25) is 5.43 Å². The van der Waals surface area contributed by atoms with E-state index in [0.29, 0.717) is 5.92 Å². The summed E-state index contributed by atoms with van der Waals surface area (Å²) in [5.74, 6) is 0.475. The van der Waals surface area contributed by atoms with Crippen LogP contribution in [0.25, 0.3) is 0 Å². The first kappa shape index (κ1) is 10.3. The standard InChI is InChI=1S/C10H13BrN2/c1-8(2)7-12-13-10-5-3-9(11)4-6-10/h3-8,13H,1-2H3/b12-7+. The Morgan fingerprint density at radius 3 is 2.46 bits per heavy atom. The van der Waals surface area contributed by atoms with Gasteiger partial charge >= 0.3 is 0 Å². The second-order valence-electron chi connectivity index (χ2n) is 3.14. The van der Waals surface area contributed by atoms with Crippen LogP contribution in [0.15, 0.2) is 33.8 Å². The molecule has 70 valence electrons. The van der Waals surface area contributed by atoms with Crippen LogP contribution in [-0.4, -0.2) is 6.21 Å². The fourth-order valence-electron chi connectivity index (χ4n) is 0.785. The molecule has 0 spiro atoms. The first-order valence-corrected chi connectivity index (χ1v) is 5.02. The van der Waals surface area contributed by atoms with E-state index in [1.54, 1.807) is 0 Å². The summed E-state index contributed by atoms with van der Waals surface area (Å²) in [5, 5.41) is 4.08. The average molecular weight is 241 g/mol. The van der Waals surface area contributed by atoms with Crippen LogP contribution in [0.3, 0.4) is 0 Å². The zero-order valence-corrected chi connectivity index (χ0v) is 9.38. The highest BCUT2D eigenvalue weighted by Crippen LogP contribution is 2.13. The van der Waals surface area contributed by atoms with Crippen molar-refractivity contribution in [2.24, 2.45) is 11.0 Å². The molecule has 0 aliphatic rings. The number of hydrazone groups is 1. The number of hydrogen-bond acceptors (Lipinski definition) is 2. The van der Waals surface area contributed by atoms with Crippen LogP contribution in [0.4, 0.5) is 5.69 Å². The van der Waals surface area contributed by atoms with E-state index in [9.17, 15) is 0 Å². The van der Waals surface area contributed by atoms with E-state index in [1.165, 1.54) is 0 Å². The average Bonchev–Trinajstić information content (AvgIpc) is 2.08. The Bertz CT molecular complexity index is 277. The summed E-state index contributed by atoms with van der Waals surface area (Å²) in [6.45, 7) is 4.18. The first-order chi connectivity index (χ1) is 6.18. The largest absolute Gasteiger partial charge is 0.279 e. The fraction of sp³-hybridized carbons (Fsp3) is 0.300. The van der Waals surface area contributed by atoms with Gasteiger partial charge in [0.15, 0.2) is 0 Å². The predicted molar refractivity (Wildman–Crippen MR) is 61.1 cm³/mol. The van der Waals surface area contributed by atoms with Crippen LogP contribution in [-0.2, 0) is 0 Å². The summed E-state index contributed by atoms with van der Waals surface area (Å²) in [6.07, 6.45) is 1.88. The van der Waals surface area contributed by atoms with Crippen molar-refractivity contribution in [1.82, 2.24) is 0 Å². The predicted octanol–water partition coefficient (Wildman–Crippen LogP) is 3.50. The highest BCUT2D eigenvalue weighted by atomic mass is 79.9. The molecule has 0 aliphatic heterocycles. The molecule has 2 nitrogen and oxygen atoms in total. The van der Waals surface area contributed by atoms with Crippen LogP contribution in [0.1, 0.15) is 13.8 Å². The van der Waals surface area contributed by atoms with E-state index in [0.717, 1.165) is 10.2 Å². The smallest absolute Gasteiger partial charge is 0.0562 e. The lowest BCUT2D eigenvalue weighted by Gasteiger charge is -2.00. The van der Waals surface area contributed by atoms with Crippen molar-refractivity contribution in [1.29, 1.82) is 0 Å². The summed E-state index contributed by atoms with van der Waals surface area (Å²) in [7, 11) is 0. The number of nitrogens with one attached hydrogen (secondary N) is 1. The van der Waals surface area contributed by atoms with Crippen LogP contribution in [0, 0.1) is 5.92 Å². The highest BCUT2D eigenvalue weighted by Gasteiger charge is 1.89. The van der Waals surface area contributed by atoms with Crippen molar-refractivity contribution < 1.29 is 0 Å². The van der Waals surface area contributed by atoms with Crippen LogP contribution in [0.2, 0.25) is 0 Å². The lowest BCUT2D eigenvalue weighted by Crippen LogP contribution is -1.93. The van der Waals surface area contributed by atoms with Crippen LogP contribution >= 0.6 is 15.9 Å². The van der Waals surface area contributed by atoms with E-state index in [4.69, 9.17) is 0 Å². The van der Waals surface area contributed by atoms with E-state index in [-0.39, 0.29) is 0 Å². The Morgan fingerprint density at radius 2 is 1.92 bits per heavy atom. The number of anilines is 1. The third kappa shape index (κ3) is 4.08. The lowest BCUT2D eigenvalue weighted by atomic mass is 10.3. The van der Waals surface area contributed by atoms with Gasteiger partial charge in [-0.25, -0.2) is 0 Å². The maximum Gasteiger partial charge on any atom is 0.0562 e. The molecule has 0 amide bonds. The quantitative estimate of drug-likeness (QED) is 0.635. The molecule has 0 radical (unpaired) electrons. The molecule has 0 heterocycles. The minimum Gasteiger partial charge on any atom is -0.279 e. The molecule has 0 unspecified atom stereocenters. The molecule has 1 rings (SSSR count). The van der Waals surface area contributed by atoms with Gasteiger partial charge in [0.2, 0.25) is 0 Å². The highest BCUT2D eigenvalue weighted by molar-refractivity contribution is 9.10. The normalized spacial score (nSPS) is 11.1. The van der Waals surface area contributed by atoms with Crippen molar-refractivity contribution in [3.05, 3.63) is 28.7 Å². The van der Waals surface area contributed by atoms with Crippen molar-refractivity contribution in [3.63, 3.8) is 0 Å². The third-order valence-electron chi connectivity index (χ3n) is 1.41. The van der Waals surface area contributed by atoms with E-state index >= 15 is 0 Å². The second kappa shape index (κ2) is 5.02. The zero-order valence-electron chi connectivity index (χ0n) is 7.79. The van der Waals surface area contributed by atoms with Gasteiger partial charge in [-0.1, -0.05) is 29.8 Å². The minimum atomic E-state index is 0.475. The summed E-state index contributed by atoms with van der Waals surface area (Å²) in [5.41, 5.74) is 3.95. The summed E-state index contributed by atoms with van der Waals surface area (Å²) < 4.78 is 1.07. The number of halogens is 1. The Kier molecular flexibility index (Phi) is 3.96. The molecule has 0 saturated heterocycles. The molecule has 0 atom stereocenters. The molecular weight excluding hydrogens is 228 g/mol. The van der Waals surface area contributed by atoms with Crippen molar-refractivity contribution >= 4 is 27.8 Å². The SMILES string of the molecule is CC(C)/C=N/Nc1ccc(Br)cc1. The third-order valence-corrected chi connectivity index (χ3v) is 1.94. The first-order valence-electron chi connectivity index (χ1n) is 4.23. The maximum atomic E-state index is 4.08. The second-order valence-corrected chi connectivity index (χ2v) is 4.06. The molecule has 0 aliphatic carbocycles. The number of hydrogen-bond donors (Lipinski definition) is 1. The Labute approximate surface area is 87.2 Å². The van der Waals surface area contributed by atoms with Crippen molar-refractivity contribution in [3.8, 4) is 0 Å². The zero-order chi connectivity index (χ0) is 9.68. The molecule has 13 heavy (non-hydrogen) atoms. The number of rotatable bonds is 3. The van der Waals surface area contributed by atoms with Gasteiger partial charge in [-0.05, 0) is 30.2 Å². The molecule has 1 aromatic carbocycles.